The Balaban J connectivity index is 1.47. The van der Waals surface area contributed by atoms with E-state index in [-0.39, 0.29) is 42.8 Å². The molecular formula is C21H20F2N4O3S. The van der Waals surface area contributed by atoms with Crippen molar-refractivity contribution in [3.8, 4) is 5.69 Å². The lowest BCUT2D eigenvalue weighted by atomic mass is 10.2. The minimum atomic E-state index is -3.83. The van der Waals surface area contributed by atoms with E-state index in [1.54, 1.807) is 28.6 Å². The monoisotopic (exact) mass is 446 g/mol. The van der Waals surface area contributed by atoms with Gasteiger partial charge in [-0.1, -0.05) is 6.07 Å². The molecule has 2 aromatic carbocycles. The first-order chi connectivity index (χ1) is 14.8. The summed E-state index contributed by atoms with van der Waals surface area (Å²) in [6.07, 6.45) is 1.46. The first-order valence-electron chi connectivity index (χ1n) is 9.63. The molecule has 1 saturated heterocycles. The highest BCUT2D eigenvalue weighted by atomic mass is 32.2. The van der Waals surface area contributed by atoms with Crippen LogP contribution < -0.4 is 0 Å². The molecule has 2 heterocycles. The number of halogens is 2. The van der Waals surface area contributed by atoms with Crippen LogP contribution in [0.2, 0.25) is 0 Å². The quantitative estimate of drug-likeness (QED) is 0.618. The minimum absolute atomic E-state index is 0.107. The summed E-state index contributed by atoms with van der Waals surface area (Å²) in [5, 5.41) is 4.24. The number of piperazine rings is 1. The number of hydrogen-bond acceptors (Lipinski definition) is 4. The van der Waals surface area contributed by atoms with Crippen molar-refractivity contribution in [2.75, 3.05) is 26.2 Å². The molecule has 31 heavy (non-hydrogen) atoms. The highest BCUT2D eigenvalue weighted by Crippen LogP contribution is 2.21. The van der Waals surface area contributed by atoms with Crippen LogP contribution in [-0.2, 0) is 10.0 Å². The fourth-order valence-corrected chi connectivity index (χ4v) is 4.99. The normalized spacial score (nSPS) is 15.3. The smallest absolute Gasteiger partial charge is 0.257 e. The third-order valence-corrected chi connectivity index (χ3v) is 7.17. The maximum atomic E-state index is 13.4. The van der Waals surface area contributed by atoms with Gasteiger partial charge in [0.15, 0.2) is 0 Å². The number of carbonyl (C=O) groups is 1. The van der Waals surface area contributed by atoms with Crippen LogP contribution in [-0.4, -0.2) is 59.5 Å². The Morgan fingerprint density at radius 1 is 0.968 bits per heavy atom. The van der Waals surface area contributed by atoms with Gasteiger partial charge in [0.2, 0.25) is 10.0 Å². The Kier molecular flexibility index (Phi) is 5.59. The van der Waals surface area contributed by atoms with E-state index in [1.165, 1.54) is 40.8 Å². The maximum absolute atomic E-state index is 13.4. The van der Waals surface area contributed by atoms with Crippen molar-refractivity contribution >= 4 is 15.9 Å². The van der Waals surface area contributed by atoms with Gasteiger partial charge in [-0.15, -0.1) is 0 Å². The molecule has 0 bridgehead atoms. The summed E-state index contributed by atoms with van der Waals surface area (Å²) in [6, 6.07) is 10.6. The molecule has 1 aliphatic rings. The second-order valence-electron chi connectivity index (χ2n) is 7.19. The molecule has 162 valence electrons. The molecule has 7 nitrogen and oxygen atoms in total. The third-order valence-electron chi connectivity index (χ3n) is 5.27. The van der Waals surface area contributed by atoms with Gasteiger partial charge in [-0.2, -0.15) is 9.40 Å². The van der Waals surface area contributed by atoms with Gasteiger partial charge >= 0.3 is 0 Å². The van der Waals surface area contributed by atoms with E-state index in [1.807, 2.05) is 0 Å². The molecule has 1 aromatic heterocycles. The summed E-state index contributed by atoms with van der Waals surface area (Å²) in [7, 11) is -3.83. The lowest BCUT2D eigenvalue weighted by molar-refractivity contribution is 0.0697. The van der Waals surface area contributed by atoms with Crippen LogP contribution in [0.25, 0.3) is 5.69 Å². The molecule has 0 N–H and O–H groups in total. The number of carbonyl (C=O) groups excluding carboxylic acids is 1. The van der Waals surface area contributed by atoms with Gasteiger partial charge in [-0.25, -0.2) is 21.9 Å². The van der Waals surface area contributed by atoms with Gasteiger partial charge < -0.3 is 4.90 Å². The van der Waals surface area contributed by atoms with Crippen molar-refractivity contribution < 1.29 is 22.0 Å². The van der Waals surface area contributed by atoms with Crippen molar-refractivity contribution in [3.63, 3.8) is 0 Å². The first-order valence-corrected chi connectivity index (χ1v) is 11.1. The summed E-state index contributed by atoms with van der Waals surface area (Å²) in [5.41, 5.74) is 1.63. The predicted molar refractivity (Wildman–Crippen MR) is 109 cm³/mol. The third kappa shape index (κ3) is 4.08. The van der Waals surface area contributed by atoms with Gasteiger partial charge in [0.1, 0.15) is 11.6 Å². The summed E-state index contributed by atoms with van der Waals surface area (Å²) in [4.78, 5) is 14.4. The zero-order valence-corrected chi connectivity index (χ0v) is 17.5. The van der Waals surface area contributed by atoms with Crippen LogP contribution in [0, 0.1) is 18.6 Å². The molecule has 10 heteroatoms. The van der Waals surface area contributed by atoms with Crippen molar-refractivity contribution in [2.45, 2.75) is 11.8 Å². The van der Waals surface area contributed by atoms with Gasteiger partial charge in [0, 0.05) is 26.2 Å². The zero-order valence-electron chi connectivity index (χ0n) is 16.7. The average molecular weight is 446 g/mol. The molecule has 1 aliphatic heterocycles. The number of benzene rings is 2. The number of amides is 1. The van der Waals surface area contributed by atoms with Crippen molar-refractivity contribution in [2.24, 2.45) is 0 Å². The molecule has 0 radical (unpaired) electrons. The molecule has 0 spiro atoms. The Bertz CT molecular complexity index is 1220. The average Bonchev–Trinajstić information content (AvgIpc) is 3.15. The molecule has 4 rings (SSSR count). The van der Waals surface area contributed by atoms with Crippen molar-refractivity contribution in [3.05, 3.63) is 77.6 Å². The summed E-state index contributed by atoms with van der Waals surface area (Å²) in [6.45, 7) is 2.36. The van der Waals surface area contributed by atoms with E-state index in [4.69, 9.17) is 0 Å². The van der Waals surface area contributed by atoms with E-state index in [0.717, 1.165) is 6.07 Å². The lowest BCUT2D eigenvalue weighted by Gasteiger charge is -2.34. The molecular weight excluding hydrogens is 426 g/mol. The fourth-order valence-electron chi connectivity index (χ4n) is 3.54. The molecule has 0 atom stereocenters. The van der Waals surface area contributed by atoms with Gasteiger partial charge in [0.25, 0.3) is 5.91 Å². The summed E-state index contributed by atoms with van der Waals surface area (Å²) >= 11 is 0. The molecule has 0 saturated carbocycles. The first kappa shape index (κ1) is 21.1. The topological polar surface area (TPSA) is 75.5 Å². The highest BCUT2D eigenvalue weighted by Gasteiger charge is 2.31. The Morgan fingerprint density at radius 2 is 1.65 bits per heavy atom. The Labute approximate surface area is 178 Å². The van der Waals surface area contributed by atoms with Crippen LogP contribution in [0.1, 0.15) is 16.1 Å². The maximum Gasteiger partial charge on any atom is 0.257 e. The Hall–Kier alpha value is -3.11. The van der Waals surface area contributed by atoms with Crippen molar-refractivity contribution in [1.82, 2.24) is 19.0 Å². The standard InChI is InChI=1S/C21H20F2N4O3S/c1-15-20(14-24-27(15)18-7-5-16(22)6-8-18)21(28)25-9-11-26(12-10-25)31(29,30)19-4-2-3-17(23)13-19/h2-8,13-14H,9-12H2,1H3. The number of hydrogen-bond donors (Lipinski definition) is 0. The number of nitrogens with zero attached hydrogens (tertiary/aromatic N) is 4. The largest absolute Gasteiger partial charge is 0.336 e. The summed E-state index contributed by atoms with van der Waals surface area (Å²) in [5.74, 6) is -1.24. The molecule has 1 amide bonds. The molecule has 0 aliphatic carbocycles. The minimum Gasteiger partial charge on any atom is -0.336 e. The van der Waals surface area contributed by atoms with Crippen LogP contribution in [0.5, 0.6) is 0 Å². The van der Waals surface area contributed by atoms with Crippen LogP contribution >= 0.6 is 0 Å². The second kappa shape index (κ2) is 8.20. The number of sulfonamides is 1. The van der Waals surface area contributed by atoms with Crippen molar-refractivity contribution in [1.29, 1.82) is 0 Å². The predicted octanol–water partition coefficient (Wildman–Crippen LogP) is 2.61. The van der Waals surface area contributed by atoms with Crippen LogP contribution in [0.4, 0.5) is 8.78 Å². The van der Waals surface area contributed by atoms with E-state index in [2.05, 4.69) is 5.10 Å². The Morgan fingerprint density at radius 3 is 2.29 bits per heavy atom. The number of aromatic nitrogens is 2. The summed E-state index contributed by atoms with van der Waals surface area (Å²) < 4.78 is 54.9. The van der Waals surface area contributed by atoms with E-state index >= 15 is 0 Å². The fraction of sp³-hybridized carbons (Fsp3) is 0.238. The van der Waals surface area contributed by atoms with Gasteiger partial charge in [-0.3, -0.25) is 4.79 Å². The van der Waals surface area contributed by atoms with E-state index in [0.29, 0.717) is 16.9 Å². The van der Waals surface area contributed by atoms with Gasteiger partial charge in [0.05, 0.1) is 28.0 Å². The second-order valence-corrected chi connectivity index (χ2v) is 9.12. The number of rotatable bonds is 4. The van der Waals surface area contributed by atoms with Crippen LogP contribution in [0.3, 0.4) is 0 Å². The van der Waals surface area contributed by atoms with Gasteiger partial charge in [-0.05, 0) is 49.4 Å². The van der Waals surface area contributed by atoms with E-state index < -0.39 is 15.8 Å². The van der Waals surface area contributed by atoms with E-state index in [9.17, 15) is 22.0 Å². The molecule has 3 aromatic rings. The molecule has 1 fully saturated rings. The molecule has 0 unspecified atom stereocenters. The zero-order chi connectivity index (χ0) is 22.2. The van der Waals surface area contributed by atoms with Crippen LogP contribution in [0.15, 0.2) is 59.6 Å². The lowest BCUT2D eigenvalue weighted by Crippen LogP contribution is -2.50. The highest BCUT2D eigenvalue weighted by molar-refractivity contribution is 7.89. The SMILES string of the molecule is Cc1c(C(=O)N2CCN(S(=O)(=O)c3cccc(F)c3)CC2)cnn1-c1ccc(F)cc1.